The lowest BCUT2D eigenvalue weighted by atomic mass is 9.92. The lowest BCUT2D eigenvalue weighted by Gasteiger charge is -2.38. The predicted molar refractivity (Wildman–Crippen MR) is 116 cm³/mol. The van der Waals surface area contributed by atoms with Crippen molar-refractivity contribution in [3.05, 3.63) is 53.6 Å². The summed E-state index contributed by atoms with van der Waals surface area (Å²) in [6, 6.07) is 14.3. The zero-order valence-corrected chi connectivity index (χ0v) is 17.2. The van der Waals surface area contributed by atoms with E-state index >= 15 is 4.39 Å². The van der Waals surface area contributed by atoms with Crippen LogP contribution in [0.2, 0.25) is 0 Å². The fraction of sp³-hybridized carbons (Fsp3) is 0.478. The molecule has 0 saturated carbocycles. The van der Waals surface area contributed by atoms with E-state index in [1.54, 1.807) is 0 Å². The third-order valence-electron chi connectivity index (χ3n) is 5.63. The first-order valence-corrected chi connectivity index (χ1v) is 10.1. The van der Waals surface area contributed by atoms with Crippen LogP contribution in [0, 0.1) is 13.8 Å². The molecule has 0 unspecified atom stereocenters. The van der Waals surface area contributed by atoms with Crippen LogP contribution in [0.5, 0.6) is 5.75 Å². The molecule has 3 rings (SSSR count). The van der Waals surface area contributed by atoms with Gasteiger partial charge in [-0.3, -0.25) is 0 Å². The van der Waals surface area contributed by atoms with Gasteiger partial charge in [-0.05, 0) is 49.2 Å². The highest BCUT2D eigenvalue weighted by Gasteiger charge is 2.34. The van der Waals surface area contributed by atoms with Crippen molar-refractivity contribution in [1.82, 2.24) is 5.32 Å². The number of ether oxygens (including phenoxy) is 1. The van der Waals surface area contributed by atoms with Crippen LogP contribution in [-0.2, 0) is 0 Å². The minimum Gasteiger partial charge on any atom is -0.492 e. The molecule has 1 aliphatic heterocycles. The summed E-state index contributed by atoms with van der Waals surface area (Å²) in [6.45, 7) is 7.31. The molecule has 0 amide bonds. The highest BCUT2D eigenvalue weighted by molar-refractivity contribution is 5.51. The predicted octanol–water partition coefficient (Wildman–Crippen LogP) is 4.32. The molecule has 0 aliphatic carbocycles. The second kappa shape index (κ2) is 9.28. The first-order valence-electron chi connectivity index (χ1n) is 10.1. The van der Waals surface area contributed by atoms with Crippen LogP contribution in [0.15, 0.2) is 42.5 Å². The molecule has 1 fully saturated rings. The topological polar surface area (TPSA) is 36.5 Å². The summed E-state index contributed by atoms with van der Waals surface area (Å²) < 4.78 is 20.8. The van der Waals surface area contributed by atoms with Gasteiger partial charge in [-0.25, -0.2) is 4.39 Å². The van der Waals surface area contributed by atoms with Crippen LogP contribution in [0.1, 0.15) is 24.0 Å². The molecule has 1 aliphatic rings. The summed E-state index contributed by atoms with van der Waals surface area (Å²) in [5, 5.41) is 6.32. The summed E-state index contributed by atoms with van der Waals surface area (Å²) >= 11 is 0. The standard InChI is InChI=1S/C23H32FN3O/c1-18-7-8-21(15-19(18)2)27-12-9-23(24,10-13-27)17-26-11-14-28-22-6-4-5-20(16-22)25-3/h4-8,15-16,25-26H,9-14,17H2,1-3H3. The molecular formula is C23H32FN3O. The molecule has 2 aromatic rings. The number of anilines is 2. The van der Waals surface area contributed by atoms with Crippen molar-refractivity contribution in [2.24, 2.45) is 0 Å². The van der Waals surface area contributed by atoms with E-state index in [1.807, 2.05) is 31.3 Å². The van der Waals surface area contributed by atoms with Gasteiger partial charge in [-0.1, -0.05) is 12.1 Å². The number of hydrogen-bond acceptors (Lipinski definition) is 4. The SMILES string of the molecule is CNc1cccc(OCCNCC2(F)CCN(c3ccc(C)c(C)c3)CC2)c1. The quantitative estimate of drug-likeness (QED) is 0.664. The fourth-order valence-corrected chi connectivity index (χ4v) is 3.56. The van der Waals surface area contributed by atoms with Gasteiger partial charge in [0.05, 0.1) is 0 Å². The molecule has 0 radical (unpaired) electrons. The van der Waals surface area contributed by atoms with Crippen molar-refractivity contribution in [2.45, 2.75) is 32.4 Å². The third kappa shape index (κ3) is 5.38. The lowest BCUT2D eigenvalue weighted by Crippen LogP contribution is -2.47. The summed E-state index contributed by atoms with van der Waals surface area (Å²) in [5.74, 6) is 0.824. The van der Waals surface area contributed by atoms with Gasteiger partial charge in [-0.15, -0.1) is 0 Å². The molecule has 5 heteroatoms. The summed E-state index contributed by atoms with van der Waals surface area (Å²) in [5.41, 5.74) is 3.67. The van der Waals surface area contributed by atoms with Gasteiger partial charge in [-0.2, -0.15) is 0 Å². The van der Waals surface area contributed by atoms with E-state index in [9.17, 15) is 0 Å². The van der Waals surface area contributed by atoms with Gasteiger partial charge in [0.2, 0.25) is 0 Å². The zero-order chi connectivity index (χ0) is 20.0. The average Bonchev–Trinajstić information content (AvgIpc) is 2.70. The number of nitrogens with zero attached hydrogens (tertiary/aromatic N) is 1. The highest BCUT2D eigenvalue weighted by atomic mass is 19.1. The summed E-state index contributed by atoms with van der Waals surface area (Å²) in [4.78, 5) is 2.29. The fourth-order valence-electron chi connectivity index (χ4n) is 3.56. The van der Waals surface area contributed by atoms with Crippen molar-refractivity contribution in [1.29, 1.82) is 0 Å². The molecule has 0 atom stereocenters. The molecule has 28 heavy (non-hydrogen) atoms. The van der Waals surface area contributed by atoms with Crippen LogP contribution in [0.3, 0.4) is 0 Å². The number of benzene rings is 2. The minimum absolute atomic E-state index is 0.383. The number of halogens is 1. The Kier molecular flexibility index (Phi) is 6.79. The second-order valence-corrected chi connectivity index (χ2v) is 7.71. The Hall–Kier alpha value is -2.27. The summed E-state index contributed by atoms with van der Waals surface area (Å²) in [6.07, 6.45) is 1.11. The van der Waals surface area contributed by atoms with Crippen LogP contribution in [0.25, 0.3) is 0 Å². The van der Waals surface area contributed by atoms with Gasteiger partial charge in [0.25, 0.3) is 0 Å². The first kappa shape index (κ1) is 20.5. The van der Waals surface area contributed by atoms with E-state index < -0.39 is 5.67 Å². The van der Waals surface area contributed by atoms with E-state index in [-0.39, 0.29) is 0 Å². The Morgan fingerprint density at radius 3 is 2.57 bits per heavy atom. The number of aryl methyl sites for hydroxylation is 2. The van der Waals surface area contributed by atoms with Crippen LogP contribution in [0.4, 0.5) is 15.8 Å². The number of alkyl halides is 1. The maximum atomic E-state index is 15.1. The van der Waals surface area contributed by atoms with Gasteiger partial charge in [0.1, 0.15) is 18.0 Å². The first-order chi connectivity index (χ1) is 13.5. The molecule has 0 aromatic heterocycles. The van der Waals surface area contributed by atoms with Crippen LogP contribution in [-0.4, -0.2) is 45.5 Å². The molecule has 152 valence electrons. The summed E-state index contributed by atoms with van der Waals surface area (Å²) in [7, 11) is 1.88. The van der Waals surface area contributed by atoms with E-state index in [0.717, 1.165) is 24.5 Å². The molecule has 2 N–H and O–H groups in total. The smallest absolute Gasteiger partial charge is 0.126 e. The molecule has 1 saturated heterocycles. The molecule has 0 spiro atoms. The second-order valence-electron chi connectivity index (χ2n) is 7.71. The van der Waals surface area contributed by atoms with Crippen LogP contribution < -0.4 is 20.3 Å². The van der Waals surface area contributed by atoms with E-state index in [1.165, 1.54) is 16.8 Å². The van der Waals surface area contributed by atoms with Gasteiger partial charge < -0.3 is 20.3 Å². The van der Waals surface area contributed by atoms with Crippen molar-refractivity contribution < 1.29 is 9.13 Å². The van der Waals surface area contributed by atoms with Gasteiger partial charge >= 0.3 is 0 Å². The van der Waals surface area contributed by atoms with E-state index in [0.29, 0.717) is 32.5 Å². The Morgan fingerprint density at radius 1 is 1.07 bits per heavy atom. The zero-order valence-electron chi connectivity index (χ0n) is 17.2. The number of nitrogens with one attached hydrogen (secondary N) is 2. The van der Waals surface area contributed by atoms with Crippen molar-refractivity contribution in [3.8, 4) is 5.75 Å². The lowest BCUT2D eigenvalue weighted by molar-refractivity contribution is 0.121. The van der Waals surface area contributed by atoms with Crippen LogP contribution >= 0.6 is 0 Å². The Bertz CT molecular complexity index is 772. The molecule has 4 nitrogen and oxygen atoms in total. The maximum Gasteiger partial charge on any atom is 0.126 e. The average molecular weight is 386 g/mol. The maximum absolute atomic E-state index is 15.1. The van der Waals surface area contributed by atoms with Gasteiger partial charge in [0.15, 0.2) is 0 Å². The van der Waals surface area contributed by atoms with Crippen molar-refractivity contribution >= 4 is 11.4 Å². The van der Waals surface area contributed by atoms with Crippen molar-refractivity contribution in [2.75, 3.05) is 50.1 Å². The highest BCUT2D eigenvalue weighted by Crippen LogP contribution is 2.30. The number of rotatable bonds is 8. The monoisotopic (exact) mass is 385 g/mol. The Labute approximate surface area is 168 Å². The normalized spacial score (nSPS) is 16.1. The van der Waals surface area contributed by atoms with Gasteiger partial charge in [0, 0.05) is 63.5 Å². The Balaban J connectivity index is 1.39. The van der Waals surface area contributed by atoms with Crippen molar-refractivity contribution in [3.63, 3.8) is 0 Å². The Morgan fingerprint density at radius 2 is 1.86 bits per heavy atom. The third-order valence-corrected chi connectivity index (χ3v) is 5.63. The largest absolute Gasteiger partial charge is 0.492 e. The van der Waals surface area contributed by atoms with E-state index in [4.69, 9.17) is 4.74 Å². The molecular weight excluding hydrogens is 353 g/mol. The number of hydrogen-bond donors (Lipinski definition) is 2. The minimum atomic E-state index is -1.14. The van der Waals surface area contributed by atoms with E-state index in [2.05, 4.69) is 47.6 Å². The molecule has 1 heterocycles. The molecule has 0 bridgehead atoms. The molecule has 2 aromatic carbocycles. The number of piperidine rings is 1.